The number of rotatable bonds is 9. The van der Waals surface area contributed by atoms with Crippen molar-refractivity contribution in [3.8, 4) is 5.75 Å². The van der Waals surface area contributed by atoms with Crippen molar-refractivity contribution in [2.75, 3.05) is 13.7 Å². The average molecular weight is 303 g/mol. The Morgan fingerprint density at radius 1 is 1.19 bits per heavy atom. The molecule has 0 bridgehead atoms. The standard InChI is InChI=1S/C18H25NOS/c1-3-4-13-20-16-9-7-15(8-10-16)18(19-2)12-11-17-6-5-14-21-17/h5-10,14,18-19H,3-4,11-13H2,1-2H3. The van der Waals surface area contributed by atoms with Gasteiger partial charge < -0.3 is 10.1 Å². The van der Waals surface area contributed by atoms with Gasteiger partial charge in [0, 0.05) is 10.9 Å². The van der Waals surface area contributed by atoms with E-state index < -0.39 is 0 Å². The second kappa shape index (κ2) is 8.85. The van der Waals surface area contributed by atoms with E-state index in [0.717, 1.165) is 31.6 Å². The monoisotopic (exact) mass is 303 g/mol. The summed E-state index contributed by atoms with van der Waals surface area (Å²) in [4.78, 5) is 1.45. The van der Waals surface area contributed by atoms with E-state index in [4.69, 9.17) is 4.74 Å². The number of nitrogens with one attached hydrogen (secondary N) is 1. The van der Waals surface area contributed by atoms with Crippen LogP contribution in [0.15, 0.2) is 41.8 Å². The fourth-order valence-electron chi connectivity index (χ4n) is 2.35. The molecule has 1 N–H and O–H groups in total. The van der Waals surface area contributed by atoms with E-state index in [-0.39, 0.29) is 0 Å². The highest BCUT2D eigenvalue weighted by atomic mass is 32.1. The zero-order chi connectivity index (χ0) is 14.9. The molecular weight excluding hydrogens is 278 g/mol. The average Bonchev–Trinajstić information content (AvgIpc) is 3.03. The summed E-state index contributed by atoms with van der Waals surface area (Å²) >= 11 is 1.84. The Morgan fingerprint density at radius 3 is 2.62 bits per heavy atom. The maximum Gasteiger partial charge on any atom is 0.119 e. The molecule has 1 atom stereocenters. The molecule has 0 saturated carbocycles. The Labute approximate surface area is 132 Å². The molecule has 114 valence electrons. The van der Waals surface area contributed by atoms with E-state index in [1.54, 1.807) is 0 Å². The lowest BCUT2D eigenvalue weighted by atomic mass is 10.0. The van der Waals surface area contributed by atoms with E-state index in [0.29, 0.717) is 6.04 Å². The molecule has 2 rings (SSSR count). The number of aryl methyl sites for hydroxylation is 1. The van der Waals surface area contributed by atoms with Crippen LogP contribution in [0.25, 0.3) is 0 Å². The summed E-state index contributed by atoms with van der Waals surface area (Å²) in [5.41, 5.74) is 1.33. The van der Waals surface area contributed by atoms with Crippen molar-refractivity contribution in [1.29, 1.82) is 0 Å². The van der Waals surface area contributed by atoms with Crippen molar-refractivity contribution in [1.82, 2.24) is 5.32 Å². The molecule has 3 heteroatoms. The smallest absolute Gasteiger partial charge is 0.119 e. The molecule has 0 fully saturated rings. The van der Waals surface area contributed by atoms with E-state index in [1.165, 1.54) is 16.9 Å². The third kappa shape index (κ3) is 5.18. The lowest BCUT2D eigenvalue weighted by molar-refractivity contribution is 0.309. The zero-order valence-electron chi connectivity index (χ0n) is 13.0. The minimum atomic E-state index is 0.400. The second-order valence-electron chi connectivity index (χ2n) is 5.23. The third-order valence-electron chi connectivity index (χ3n) is 3.66. The predicted molar refractivity (Wildman–Crippen MR) is 91.3 cm³/mol. The highest BCUT2D eigenvalue weighted by Crippen LogP contribution is 2.23. The maximum absolute atomic E-state index is 5.71. The fourth-order valence-corrected chi connectivity index (χ4v) is 3.07. The van der Waals surface area contributed by atoms with E-state index in [1.807, 2.05) is 18.4 Å². The number of benzene rings is 1. The molecule has 1 unspecified atom stereocenters. The molecule has 1 aromatic heterocycles. The Balaban J connectivity index is 1.88. The summed E-state index contributed by atoms with van der Waals surface area (Å²) in [6.07, 6.45) is 4.52. The first-order chi connectivity index (χ1) is 10.3. The van der Waals surface area contributed by atoms with Gasteiger partial charge in [0.05, 0.1) is 6.61 Å². The van der Waals surface area contributed by atoms with E-state index in [2.05, 4.69) is 54.0 Å². The summed E-state index contributed by atoms with van der Waals surface area (Å²) in [6, 6.07) is 13.3. The normalized spacial score (nSPS) is 12.3. The summed E-state index contributed by atoms with van der Waals surface area (Å²) < 4.78 is 5.71. The van der Waals surface area contributed by atoms with Gasteiger partial charge in [-0.05, 0) is 55.5 Å². The fraction of sp³-hybridized carbons (Fsp3) is 0.444. The Morgan fingerprint density at radius 2 is 2.00 bits per heavy atom. The van der Waals surface area contributed by atoms with E-state index >= 15 is 0 Å². The molecule has 0 aliphatic heterocycles. The van der Waals surface area contributed by atoms with Crippen LogP contribution in [0.2, 0.25) is 0 Å². The zero-order valence-corrected chi connectivity index (χ0v) is 13.8. The number of hydrogen-bond acceptors (Lipinski definition) is 3. The lowest BCUT2D eigenvalue weighted by Crippen LogP contribution is -2.16. The molecule has 2 nitrogen and oxygen atoms in total. The van der Waals surface area contributed by atoms with Gasteiger partial charge in [0.2, 0.25) is 0 Å². The van der Waals surface area contributed by atoms with Crippen LogP contribution in [0.1, 0.15) is 42.7 Å². The second-order valence-corrected chi connectivity index (χ2v) is 6.26. The van der Waals surface area contributed by atoms with Gasteiger partial charge in [0.15, 0.2) is 0 Å². The van der Waals surface area contributed by atoms with Crippen LogP contribution in [0, 0.1) is 0 Å². The lowest BCUT2D eigenvalue weighted by Gasteiger charge is -2.17. The van der Waals surface area contributed by atoms with Crippen LogP contribution < -0.4 is 10.1 Å². The minimum Gasteiger partial charge on any atom is -0.494 e. The van der Waals surface area contributed by atoms with Crippen LogP contribution in [0.3, 0.4) is 0 Å². The van der Waals surface area contributed by atoms with Gasteiger partial charge in [-0.2, -0.15) is 0 Å². The Kier molecular flexibility index (Phi) is 6.77. The van der Waals surface area contributed by atoms with Gasteiger partial charge in [-0.3, -0.25) is 0 Å². The molecule has 0 saturated heterocycles. The van der Waals surface area contributed by atoms with Crippen molar-refractivity contribution < 1.29 is 4.74 Å². The van der Waals surface area contributed by atoms with Crippen molar-refractivity contribution in [3.05, 3.63) is 52.2 Å². The highest BCUT2D eigenvalue weighted by molar-refractivity contribution is 7.09. The van der Waals surface area contributed by atoms with Crippen LogP contribution >= 0.6 is 11.3 Å². The largest absolute Gasteiger partial charge is 0.494 e. The van der Waals surface area contributed by atoms with Crippen molar-refractivity contribution >= 4 is 11.3 Å². The van der Waals surface area contributed by atoms with Gasteiger partial charge in [0.1, 0.15) is 5.75 Å². The molecule has 0 spiro atoms. The van der Waals surface area contributed by atoms with Gasteiger partial charge in [0.25, 0.3) is 0 Å². The van der Waals surface area contributed by atoms with Crippen LogP contribution in [-0.2, 0) is 6.42 Å². The first kappa shape index (κ1) is 16.1. The molecule has 21 heavy (non-hydrogen) atoms. The van der Waals surface area contributed by atoms with Crippen molar-refractivity contribution in [2.45, 2.75) is 38.6 Å². The van der Waals surface area contributed by atoms with Gasteiger partial charge >= 0.3 is 0 Å². The van der Waals surface area contributed by atoms with Crippen molar-refractivity contribution in [3.63, 3.8) is 0 Å². The molecular formula is C18H25NOS. The molecule has 0 amide bonds. The topological polar surface area (TPSA) is 21.3 Å². The Hall–Kier alpha value is -1.32. The molecule has 0 radical (unpaired) electrons. The van der Waals surface area contributed by atoms with Gasteiger partial charge in [-0.25, -0.2) is 0 Å². The first-order valence-corrected chi connectivity index (χ1v) is 8.64. The maximum atomic E-state index is 5.71. The van der Waals surface area contributed by atoms with Crippen molar-refractivity contribution in [2.24, 2.45) is 0 Å². The summed E-state index contributed by atoms with van der Waals surface area (Å²) in [5, 5.41) is 5.56. The third-order valence-corrected chi connectivity index (χ3v) is 4.59. The number of thiophene rings is 1. The highest BCUT2D eigenvalue weighted by Gasteiger charge is 2.09. The number of hydrogen-bond donors (Lipinski definition) is 1. The predicted octanol–water partition coefficient (Wildman–Crippen LogP) is 4.82. The van der Waals surface area contributed by atoms with E-state index in [9.17, 15) is 0 Å². The summed E-state index contributed by atoms with van der Waals surface area (Å²) in [7, 11) is 2.03. The SMILES string of the molecule is CCCCOc1ccc(C(CCc2cccs2)NC)cc1. The minimum absolute atomic E-state index is 0.400. The first-order valence-electron chi connectivity index (χ1n) is 7.76. The molecule has 1 heterocycles. The number of ether oxygens (including phenoxy) is 1. The van der Waals surface area contributed by atoms with Crippen LogP contribution in [0.5, 0.6) is 5.75 Å². The molecule has 0 aliphatic rings. The Bertz CT molecular complexity index is 492. The summed E-state index contributed by atoms with van der Waals surface area (Å²) in [5.74, 6) is 0.973. The number of unbranched alkanes of at least 4 members (excludes halogenated alkanes) is 1. The van der Waals surface area contributed by atoms with Crippen LogP contribution in [0.4, 0.5) is 0 Å². The molecule has 1 aromatic carbocycles. The summed E-state index contributed by atoms with van der Waals surface area (Å²) in [6.45, 7) is 2.99. The van der Waals surface area contributed by atoms with Gasteiger partial charge in [-0.1, -0.05) is 31.5 Å². The quantitative estimate of drug-likeness (QED) is 0.671. The van der Waals surface area contributed by atoms with Gasteiger partial charge in [-0.15, -0.1) is 11.3 Å². The van der Waals surface area contributed by atoms with Crippen LogP contribution in [-0.4, -0.2) is 13.7 Å². The molecule has 0 aliphatic carbocycles. The molecule has 2 aromatic rings.